The van der Waals surface area contributed by atoms with Gasteiger partial charge in [-0.05, 0) is 23.6 Å². The Hall–Kier alpha value is -2.52. The van der Waals surface area contributed by atoms with E-state index >= 15 is 0 Å². The predicted molar refractivity (Wildman–Crippen MR) is 96.9 cm³/mol. The van der Waals surface area contributed by atoms with Crippen LogP contribution in [0.3, 0.4) is 0 Å². The highest BCUT2D eigenvalue weighted by Crippen LogP contribution is 2.34. The molecule has 0 aliphatic rings. The highest BCUT2D eigenvalue weighted by Gasteiger charge is 2.25. The van der Waals surface area contributed by atoms with Crippen LogP contribution in [-0.4, -0.2) is 32.4 Å². The molecule has 3 rings (SSSR count). The van der Waals surface area contributed by atoms with Crippen LogP contribution < -0.4 is 14.2 Å². The number of rotatable bonds is 6. The second kappa shape index (κ2) is 6.77. The van der Waals surface area contributed by atoms with Crippen molar-refractivity contribution < 1.29 is 17.9 Å². The number of aryl methyl sites for hydroxylation is 1. The van der Waals surface area contributed by atoms with Gasteiger partial charge in [-0.2, -0.15) is 5.10 Å². The van der Waals surface area contributed by atoms with Crippen molar-refractivity contribution in [2.24, 2.45) is 7.05 Å². The molecule has 9 heteroatoms. The molecule has 1 aromatic carbocycles. The SMILES string of the molecule is COc1ccc(OC)c(NS(=O)(=O)c2cn(C)nc2-c2cccs2)c1. The highest BCUT2D eigenvalue weighted by atomic mass is 32.2. The maximum atomic E-state index is 12.9. The minimum absolute atomic E-state index is 0.0994. The molecule has 0 aliphatic heterocycles. The van der Waals surface area contributed by atoms with Crippen molar-refractivity contribution in [3.05, 3.63) is 41.9 Å². The smallest absolute Gasteiger partial charge is 0.265 e. The molecule has 0 fully saturated rings. The van der Waals surface area contributed by atoms with E-state index in [1.54, 1.807) is 25.2 Å². The van der Waals surface area contributed by atoms with E-state index < -0.39 is 10.0 Å². The average molecular weight is 379 g/mol. The van der Waals surface area contributed by atoms with E-state index in [-0.39, 0.29) is 4.90 Å². The predicted octanol–water partition coefficient (Wildman–Crippen LogP) is 2.97. The Morgan fingerprint density at radius 1 is 1.20 bits per heavy atom. The quantitative estimate of drug-likeness (QED) is 0.712. The first kappa shape index (κ1) is 17.3. The standard InChI is InChI=1S/C16H17N3O4S2/c1-19-10-15(16(17-19)14-5-4-8-24-14)25(20,21)18-12-9-11(22-2)6-7-13(12)23-3/h4-10,18H,1-3H3. The lowest BCUT2D eigenvalue weighted by molar-refractivity contribution is 0.405. The zero-order valence-corrected chi connectivity index (χ0v) is 15.5. The average Bonchev–Trinajstić information content (AvgIpc) is 3.23. The lowest BCUT2D eigenvalue weighted by atomic mass is 10.3. The summed E-state index contributed by atoms with van der Waals surface area (Å²) in [5.41, 5.74) is 0.703. The van der Waals surface area contributed by atoms with Crippen LogP contribution in [0.5, 0.6) is 11.5 Å². The summed E-state index contributed by atoms with van der Waals surface area (Å²) in [5, 5.41) is 6.16. The van der Waals surface area contributed by atoms with Crippen molar-refractivity contribution in [1.29, 1.82) is 0 Å². The zero-order valence-electron chi connectivity index (χ0n) is 13.9. The molecule has 3 aromatic rings. The van der Waals surface area contributed by atoms with Crippen LogP contribution in [-0.2, 0) is 17.1 Å². The Morgan fingerprint density at radius 3 is 2.64 bits per heavy atom. The van der Waals surface area contributed by atoms with Crippen LogP contribution in [0.15, 0.2) is 46.8 Å². The second-order valence-electron chi connectivity index (χ2n) is 5.16. The molecule has 0 saturated carbocycles. The Bertz CT molecular complexity index is 979. The Labute approximate surface area is 149 Å². The van der Waals surface area contributed by atoms with Gasteiger partial charge >= 0.3 is 0 Å². The molecule has 0 spiro atoms. The van der Waals surface area contributed by atoms with Gasteiger partial charge < -0.3 is 9.47 Å². The largest absolute Gasteiger partial charge is 0.497 e. The fourth-order valence-corrected chi connectivity index (χ4v) is 4.38. The van der Waals surface area contributed by atoms with Gasteiger partial charge in [-0.3, -0.25) is 9.40 Å². The Kier molecular flexibility index (Phi) is 4.69. The molecule has 0 saturated heterocycles. The molecule has 2 aromatic heterocycles. The van der Waals surface area contributed by atoms with Crippen molar-refractivity contribution in [2.45, 2.75) is 4.90 Å². The summed E-state index contributed by atoms with van der Waals surface area (Å²) in [4.78, 5) is 0.876. The number of nitrogens with one attached hydrogen (secondary N) is 1. The van der Waals surface area contributed by atoms with Crippen LogP contribution in [0.4, 0.5) is 5.69 Å². The Balaban J connectivity index is 2.04. The third kappa shape index (κ3) is 3.47. The van der Waals surface area contributed by atoms with Crippen LogP contribution >= 0.6 is 11.3 Å². The van der Waals surface area contributed by atoms with Gasteiger partial charge in [0.1, 0.15) is 22.1 Å². The number of hydrogen-bond donors (Lipinski definition) is 1. The van der Waals surface area contributed by atoms with Crippen LogP contribution in [0.25, 0.3) is 10.6 Å². The maximum Gasteiger partial charge on any atom is 0.265 e. The van der Waals surface area contributed by atoms with E-state index in [2.05, 4.69) is 9.82 Å². The van der Waals surface area contributed by atoms with Crippen molar-refractivity contribution >= 4 is 27.0 Å². The number of aromatic nitrogens is 2. The first-order chi connectivity index (χ1) is 11.9. The van der Waals surface area contributed by atoms with Gasteiger partial charge in [0.15, 0.2) is 0 Å². The molecule has 25 heavy (non-hydrogen) atoms. The minimum Gasteiger partial charge on any atom is -0.497 e. The van der Waals surface area contributed by atoms with Crippen LogP contribution in [0.2, 0.25) is 0 Å². The van der Waals surface area contributed by atoms with Gasteiger partial charge in [0.05, 0.1) is 24.8 Å². The topological polar surface area (TPSA) is 82.5 Å². The fourth-order valence-electron chi connectivity index (χ4n) is 2.34. The molecule has 0 aliphatic carbocycles. The van der Waals surface area contributed by atoms with E-state index in [1.807, 2.05) is 17.5 Å². The van der Waals surface area contributed by atoms with Gasteiger partial charge in [0.2, 0.25) is 0 Å². The van der Waals surface area contributed by atoms with Crippen molar-refractivity contribution in [1.82, 2.24) is 9.78 Å². The first-order valence-corrected chi connectivity index (χ1v) is 9.63. The number of sulfonamides is 1. The number of anilines is 1. The van der Waals surface area contributed by atoms with E-state index in [9.17, 15) is 8.42 Å². The number of methoxy groups -OCH3 is 2. The van der Waals surface area contributed by atoms with Gasteiger partial charge in [-0.25, -0.2) is 8.42 Å². The molecule has 0 bridgehead atoms. The normalized spacial score (nSPS) is 11.3. The molecule has 1 N–H and O–H groups in total. The molecule has 0 amide bonds. The monoisotopic (exact) mass is 379 g/mol. The first-order valence-electron chi connectivity index (χ1n) is 7.27. The van der Waals surface area contributed by atoms with Gasteiger partial charge in [0.25, 0.3) is 10.0 Å². The molecule has 2 heterocycles. The second-order valence-corrected chi connectivity index (χ2v) is 7.76. The Morgan fingerprint density at radius 2 is 2.00 bits per heavy atom. The van der Waals surface area contributed by atoms with Crippen LogP contribution in [0, 0.1) is 0 Å². The molecule has 7 nitrogen and oxygen atoms in total. The highest BCUT2D eigenvalue weighted by molar-refractivity contribution is 7.92. The van der Waals surface area contributed by atoms with E-state index in [1.165, 1.54) is 36.4 Å². The van der Waals surface area contributed by atoms with E-state index in [4.69, 9.17) is 9.47 Å². The van der Waals surface area contributed by atoms with Gasteiger partial charge in [-0.15, -0.1) is 11.3 Å². The third-order valence-corrected chi connectivity index (χ3v) is 5.73. The number of benzene rings is 1. The number of thiophene rings is 1. The molecule has 0 atom stereocenters. The maximum absolute atomic E-state index is 12.9. The zero-order chi connectivity index (χ0) is 18.0. The number of hydrogen-bond acceptors (Lipinski definition) is 6. The number of ether oxygens (including phenoxy) is 2. The van der Waals surface area contributed by atoms with E-state index in [0.29, 0.717) is 22.9 Å². The molecule has 0 radical (unpaired) electrons. The molecule has 132 valence electrons. The summed E-state index contributed by atoms with van der Waals surface area (Å²) in [6.45, 7) is 0. The van der Waals surface area contributed by atoms with Crippen molar-refractivity contribution in [2.75, 3.05) is 18.9 Å². The third-order valence-electron chi connectivity index (χ3n) is 3.49. The summed E-state index contributed by atoms with van der Waals surface area (Å²) in [6.07, 6.45) is 1.48. The van der Waals surface area contributed by atoms with Crippen LogP contribution in [0.1, 0.15) is 0 Å². The summed E-state index contributed by atoms with van der Waals surface area (Å²) < 4.78 is 40.3. The van der Waals surface area contributed by atoms with Gasteiger partial charge in [0, 0.05) is 19.3 Å². The van der Waals surface area contributed by atoms with Crippen molar-refractivity contribution in [3.63, 3.8) is 0 Å². The number of nitrogens with zero attached hydrogens (tertiary/aromatic N) is 2. The minimum atomic E-state index is -3.87. The molecular formula is C16H17N3O4S2. The summed E-state index contributed by atoms with van der Waals surface area (Å²) in [6, 6.07) is 8.58. The lowest BCUT2D eigenvalue weighted by Gasteiger charge is -2.13. The summed E-state index contributed by atoms with van der Waals surface area (Å²) in [5.74, 6) is 0.911. The lowest BCUT2D eigenvalue weighted by Crippen LogP contribution is -2.14. The van der Waals surface area contributed by atoms with E-state index in [0.717, 1.165) is 4.88 Å². The molecule has 0 unspecified atom stereocenters. The fraction of sp³-hybridized carbons (Fsp3) is 0.188. The van der Waals surface area contributed by atoms with Gasteiger partial charge in [-0.1, -0.05) is 6.07 Å². The molecular weight excluding hydrogens is 362 g/mol. The van der Waals surface area contributed by atoms with Crippen molar-refractivity contribution in [3.8, 4) is 22.1 Å². The summed E-state index contributed by atoms with van der Waals surface area (Å²) >= 11 is 1.43. The summed E-state index contributed by atoms with van der Waals surface area (Å²) in [7, 11) is 0.797.